The number of thioether (sulfide) groups is 2. The standard InChI is InChI=1S/C30H50O4S2Si2/c1-29(2,3)37(9,10)33-27(21-35-25-17-13-23(31-7)14-18-25)28(34-38(11,12)30(4,5)6)22-36-26-19-15-24(32-8)16-20-26/h13-20,27-28H,21-22H2,1-12H3/t27-,28-/m0/s1. The molecule has 2 atom stereocenters. The molecule has 0 aliphatic carbocycles. The second kappa shape index (κ2) is 13.6. The van der Waals surface area contributed by atoms with Crippen molar-refractivity contribution in [3.63, 3.8) is 0 Å². The van der Waals surface area contributed by atoms with Gasteiger partial charge in [0.1, 0.15) is 11.5 Å². The van der Waals surface area contributed by atoms with E-state index in [4.69, 9.17) is 18.3 Å². The summed E-state index contributed by atoms with van der Waals surface area (Å²) in [6.45, 7) is 23.2. The van der Waals surface area contributed by atoms with Crippen LogP contribution in [0.5, 0.6) is 11.5 Å². The summed E-state index contributed by atoms with van der Waals surface area (Å²) in [6.07, 6.45) is -0.0502. The SMILES string of the molecule is COc1ccc(SC[C@H](O[Si](C)(C)C(C)(C)C)[C@H](CSc2ccc(OC)cc2)O[Si](C)(C)C(C)(C)C)cc1. The second-order valence-electron chi connectivity index (χ2n) is 12.8. The minimum atomic E-state index is -2.05. The number of hydrogen-bond donors (Lipinski definition) is 0. The van der Waals surface area contributed by atoms with Gasteiger partial charge in [-0.15, -0.1) is 23.5 Å². The highest BCUT2D eigenvalue weighted by molar-refractivity contribution is 7.99. The molecular weight excluding hydrogens is 545 g/mol. The van der Waals surface area contributed by atoms with E-state index in [1.54, 1.807) is 14.2 Å². The van der Waals surface area contributed by atoms with Crippen molar-refractivity contribution in [3.8, 4) is 11.5 Å². The smallest absolute Gasteiger partial charge is 0.192 e. The van der Waals surface area contributed by atoms with Crippen molar-refractivity contribution in [1.82, 2.24) is 0 Å². The largest absolute Gasteiger partial charge is 0.497 e. The van der Waals surface area contributed by atoms with Crippen LogP contribution in [0.2, 0.25) is 36.3 Å². The van der Waals surface area contributed by atoms with Crippen molar-refractivity contribution in [1.29, 1.82) is 0 Å². The predicted molar refractivity (Wildman–Crippen MR) is 172 cm³/mol. The second-order valence-corrected chi connectivity index (χ2v) is 24.5. The van der Waals surface area contributed by atoms with E-state index in [0.29, 0.717) is 0 Å². The van der Waals surface area contributed by atoms with Crippen molar-refractivity contribution in [2.75, 3.05) is 25.7 Å². The third-order valence-corrected chi connectivity index (χ3v) is 19.1. The molecular formula is C30H50O4S2Si2. The zero-order valence-electron chi connectivity index (χ0n) is 25.6. The van der Waals surface area contributed by atoms with Gasteiger partial charge in [0, 0.05) is 21.3 Å². The van der Waals surface area contributed by atoms with Gasteiger partial charge in [-0.1, -0.05) is 41.5 Å². The Kier molecular flexibility index (Phi) is 12.0. The summed E-state index contributed by atoms with van der Waals surface area (Å²) in [6, 6.07) is 16.6. The third kappa shape index (κ3) is 9.63. The van der Waals surface area contributed by atoms with Gasteiger partial charge in [-0.3, -0.25) is 0 Å². The molecule has 0 bridgehead atoms. The van der Waals surface area contributed by atoms with E-state index in [-0.39, 0.29) is 22.3 Å². The lowest BCUT2D eigenvalue weighted by atomic mass is 10.2. The molecule has 0 aliphatic heterocycles. The lowest BCUT2D eigenvalue weighted by Gasteiger charge is -2.45. The van der Waals surface area contributed by atoms with E-state index in [2.05, 4.69) is 92.0 Å². The number of rotatable bonds is 13. The summed E-state index contributed by atoms with van der Waals surface area (Å²) in [5.41, 5.74) is 0. The van der Waals surface area contributed by atoms with Gasteiger partial charge >= 0.3 is 0 Å². The Labute approximate surface area is 243 Å². The van der Waals surface area contributed by atoms with Crippen LogP contribution in [0.1, 0.15) is 41.5 Å². The van der Waals surface area contributed by atoms with Crippen LogP contribution < -0.4 is 9.47 Å². The van der Waals surface area contributed by atoms with Gasteiger partial charge < -0.3 is 18.3 Å². The molecule has 0 aliphatic rings. The van der Waals surface area contributed by atoms with Gasteiger partial charge in [0.25, 0.3) is 0 Å². The van der Waals surface area contributed by atoms with Crippen LogP contribution in [0.4, 0.5) is 0 Å². The summed E-state index contributed by atoms with van der Waals surface area (Å²) >= 11 is 3.68. The Hall–Kier alpha value is -0.906. The first-order chi connectivity index (χ1) is 17.5. The first-order valence-corrected chi connectivity index (χ1v) is 21.2. The van der Waals surface area contributed by atoms with Crippen LogP contribution in [0.15, 0.2) is 58.3 Å². The fourth-order valence-electron chi connectivity index (χ4n) is 3.25. The minimum absolute atomic E-state index is 0.0251. The third-order valence-electron chi connectivity index (χ3n) is 7.87. The maximum atomic E-state index is 7.17. The van der Waals surface area contributed by atoms with Crippen LogP contribution in [0, 0.1) is 0 Å². The topological polar surface area (TPSA) is 36.9 Å². The molecule has 0 saturated heterocycles. The average molecular weight is 595 g/mol. The van der Waals surface area contributed by atoms with Crippen molar-refractivity contribution in [2.45, 2.75) is 99.8 Å². The van der Waals surface area contributed by atoms with E-state index in [0.717, 1.165) is 23.0 Å². The zero-order valence-corrected chi connectivity index (χ0v) is 29.3. The molecule has 2 rings (SSSR count). The fraction of sp³-hybridized carbons (Fsp3) is 0.600. The maximum absolute atomic E-state index is 7.17. The highest BCUT2D eigenvalue weighted by Gasteiger charge is 2.44. The van der Waals surface area contributed by atoms with Crippen LogP contribution in [0.25, 0.3) is 0 Å². The molecule has 8 heteroatoms. The Bertz CT molecular complexity index is 900. The molecule has 0 unspecified atom stereocenters. The first kappa shape index (κ1) is 33.3. The Balaban J connectivity index is 2.39. The molecule has 0 N–H and O–H groups in total. The van der Waals surface area contributed by atoms with Crippen LogP contribution in [-0.2, 0) is 8.85 Å². The number of hydrogen-bond acceptors (Lipinski definition) is 6. The molecule has 0 amide bonds. The normalized spacial score (nSPS) is 14.7. The Morgan fingerprint density at radius 1 is 0.579 bits per heavy atom. The molecule has 2 aromatic rings. The monoisotopic (exact) mass is 594 g/mol. The fourth-order valence-corrected chi connectivity index (χ4v) is 8.11. The average Bonchev–Trinajstić information content (AvgIpc) is 2.83. The summed E-state index contributed by atoms with van der Waals surface area (Å²) in [5.74, 6) is 3.42. The number of ether oxygens (including phenoxy) is 2. The van der Waals surface area contributed by atoms with Crippen molar-refractivity contribution in [3.05, 3.63) is 48.5 Å². The summed E-state index contributed by atoms with van der Waals surface area (Å²) in [7, 11) is -0.693. The van der Waals surface area contributed by atoms with Gasteiger partial charge in [-0.25, -0.2) is 0 Å². The van der Waals surface area contributed by atoms with E-state index >= 15 is 0 Å². The molecule has 0 aromatic heterocycles. The maximum Gasteiger partial charge on any atom is 0.192 e. The van der Waals surface area contributed by atoms with E-state index in [1.807, 2.05) is 47.8 Å². The van der Waals surface area contributed by atoms with E-state index < -0.39 is 16.6 Å². The number of benzene rings is 2. The Morgan fingerprint density at radius 3 is 1.11 bits per heavy atom. The molecule has 0 radical (unpaired) electrons. The summed E-state index contributed by atoms with van der Waals surface area (Å²) < 4.78 is 25.1. The van der Waals surface area contributed by atoms with Gasteiger partial charge in [-0.05, 0) is 84.8 Å². The van der Waals surface area contributed by atoms with E-state index in [9.17, 15) is 0 Å². The van der Waals surface area contributed by atoms with Gasteiger partial charge in [0.2, 0.25) is 0 Å². The lowest BCUT2D eigenvalue weighted by Crippen LogP contribution is -2.53. The number of methoxy groups -OCH3 is 2. The summed E-state index contributed by atoms with van der Waals surface area (Å²) in [5, 5.41) is 0.224. The quantitative estimate of drug-likeness (QED) is 0.170. The molecule has 0 saturated carbocycles. The molecule has 0 fully saturated rings. The zero-order chi connectivity index (χ0) is 28.8. The Morgan fingerprint density at radius 2 is 0.868 bits per heavy atom. The van der Waals surface area contributed by atoms with Crippen LogP contribution >= 0.6 is 23.5 Å². The van der Waals surface area contributed by atoms with Gasteiger partial charge in [0.05, 0.1) is 26.4 Å². The first-order valence-electron chi connectivity index (χ1n) is 13.4. The molecule has 214 valence electrons. The molecule has 4 nitrogen and oxygen atoms in total. The molecule has 2 aromatic carbocycles. The predicted octanol–water partition coefficient (Wildman–Crippen LogP) is 9.37. The minimum Gasteiger partial charge on any atom is -0.497 e. The molecule has 0 heterocycles. The lowest BCUT2D eigenvalue weighted by molar-refractivity contribution is 0.0644. The molecule has 0 spiro atoms. The van der Waals surface area contributed by atoms with Crippen molar-refractivity contribution in [2.24, 2.45) is 0 Å². The van der Waals surface area contributed by atoms with E-state index in [1.165, 1.54) is 9.79 Å². The highest BCUT2D eigenvalue weighted by Crippen LogP contribution is 2.42. The van der Waals surface area contributed by atoms with Crippen molar-refractivity contribution >= 4 is 40.2 Å². The summed E-state index contributed by atoms with van der Waals surface area (Å²) in [4.78, 5) is 2.42. The van der Waals surface area contributed by atoms with Crippen molar-refractivity contribution < 1.29 is 18.3 Å². The van der Waals surface area contributed by atoms with Gasteiger partial charge in [-0.2, -0.15) is 0 Å². The van der Waals surface area contributed by atoms with Crippen LogP contribution in [0.3, 0.4) is 0 Å². The molecule has 38 heavy (non-hydrogen) atoms. The van der Waals surface area contributed by atoms with Gasteiger partial charge in [0.15, 0.2) is 16.6 Å². The van der Waals surface area contributed by atoms with Crippen LogP contribution in [-0.4, -0.2) is 54.6 Å². The highest BCUT2D eigenvalue weighted by atomic mass is 32.2.